The van der Waals surface area contributed by atoms with Crippen LogP contribution in [0.4, 0.5) is 4.39 Å². The van der Waals surface area contributed by atoms with Gasteiger partial charge in [-0.1, -0.05) is 6.07 Å². The van der Waals surface area contributed by atoms with E-state index in [0.29, 0.717) is 0 Å². The third-order valence-corrected chi connectivity index (χ3v) is 2.21. The maximum absolute atomic E-state index is 13.5. The van der Waals surface area contributed by atoms with Crippen LogP contribution >= 0.6 is 0 Å². The number of amides is 1. The van der Waals surface area contributed by atoms with Gasteiger partial charge in [0.2, 0.25) is 0 Å². The topological polar surface area (TPSA) is 49.3 Å². The molecule has 0 aliphatic heterocycles. The zero-order valence-electron chi connectivity index (χ0n) is 10.4. The molecule has 1 rings (SSSR count). The van der Waals surface area contributed by atoms with E-state index >= 15 is 0 Å². The summed E-state index contributed by atoms with van der Waals surface area (Å²) in [6.07, 6.45) is 0.138. The summed E-state index contributed by atoms with van der Waals surface area (Å²) in [5.74, 6) is -0.777. The molecule has 0 spiro atoms. The van der Waals surface area contributed by atoms with Crippen LogP contribution in [0.15, 0.2) is 18.2 Å². The number of nitrogens with one attached hydrogen (secondary N) is 1. The maximum atomic E-state index is 13.5. The SMILES string of the molecule is CC(C)(C)NC(=O)c1cccc(F)c1CCO. The van der Waals surface area contributed by atoms with Crippen molar-refractivity contribution < 1.29 is 14.3 Å². The summed E-state index contributed by atoms with van der Waals surface area (Å²) in [7, 11) is 0. The number of benzene rings is 1. The molecule has 1 amide bonds. The van der Waals surface area contributed by atoms with Crippen molar-refractivity contribution >= 4 is 5.91 Å². The quantitative estimate of drug-likeness (QED) is 0.846. The van der Waals surface area contributed by atoms with Crippen LogP contribution in [0.3, 0.4) is 0 Å². The average Bonchev–Trinajstić information content (AvgIpc) is 2.18. The fourth-order valence-corrected chi connectivity index (χ4v) is 1.55. The number of carbonyl (C=O) groups excluding carboxylic acids is 1. The van der Waals surface area contributed by atoms with E-state index in [1.807, 2.05) is 20.8 Å². The fourth-order valence-electron chi connectivity index (χ4n) is 1.55. The van der Waals surface area contributed by atoms with Crippen LogP contribution in [-0.4, -0.2) is 23.2 Å². The van der Waals surface area contributed by atoms with E-state index in [1.165, 1.54) is 12.1 Å². The molecule has 0 aliphatic carbocycles. The number of aliphatic hydroxyl groups excluding tert-OH is 1. The first kappa shape index (κ1) is 13.6. The lowest BCUT2D eigenvalue weighted by molar-refractivity contribution is 0.0918. The van der Waals surface area contributed by atoms with Crippen LogP contribution in [0.5, 0.6) is 0 Å². The highest BCUT2D eigenvalue weighted by molar-refractivity contribution is 5.96. The summed E-state index contributed by atoms with van der Waals surface area (Å²) in [6.45, 7) is 5.39. The van der Waals surface area contributed by atoms with Gasteiger partial charge in [-0.3, -0.25) is 4.79 Å². The lowest BCUT2D eigenvalue weighted by Crippen LogP contribution is -2.41. The molecule has 4 heteroatoms. The lowest BCUT2D eigenvalue weighted by atomic mass is 10.0. The van der Waals surface area contributed by atoms with Gasteiger partial charge in [-0.15, -0.1) is 0 Å². The molecule has 0 saturated heterocycles. The molecule has 0 saturated carbocycles. The molecule has 3 nitrogen and oxygen atoms in total. The van der Waals surface area contributed by atoms with Crippen molar-refractivity contribution in [2.24, 2.45) is 0 Å². The second kappa shape index (κ2) is 5.27. The first-order chi connectivity index (χ1) is 7.85. The Hall–Kier alpha value is -1.42. The van der Waals surface area contributed by atoms with Crippen molar-refractivity contribution in [2.45, 2.75) is 32.7 Å². The number of aliphatic hydroxyl groups is 1. The normalized spacial score (nSPS) is 11.4. The molecule has 0 atom stereocenters. The van der Waals surface area contributed by atoms with Crippen molar-refractivity contribution in [3.05, 3.63) is 35.1 Å². The molecule has 2 N–H and O–H groups in total. The maximum Gasteiger partial charge on any atom is 0.252 e. The second-order valence-electron chi connectivity index (χ2n) is 4.94. The third-order valence-electron chi connectivity index (χ3n) is 2.21. The Balaban J connectivity index is 3.04. The van der Waals surface area contributed by atoms with Crippen LogP contribution in [-0.2, 0) is 6.42 Å². The van der Waals surface area contributed by atoms with Gasteiger partial charge in [0.1, 0.15) is 5.82 Å². The van der Waals surface area contributed by atoms with Gasteiger partial charge in [-0.05, 0) is 39.3 Å². The van der Waals surface area contributed by atoms with Gasteiger partial charge in [0.25, 0.3) is 5.91 Å². The predicted molar refractivity (Wildman–Crippen MR) is 64.4 cm³/mol. The van der Waals surface area contributed by atoms with E-state index in [4.69, 9.17) is 5.11 Å². The standard InChI is InChI=1S/C13H18FNO2/c1-13(2,3)15-12(17)10-5-4-6-11(14)9(10)7-8-16/h4-6,16H,7-8H2,1-3H3,(H,15,17). The molecular formula is C13H18FNO2. The number of halogens is 1. The average molecular weight is 239 g/mol. The number of hydrogen-bond acceptors (Lipinski definition) is 2. The number of hydrogen-bond donors (Lipinski definition) is 2. The van der Waals surface area contributed by atoms with E-state index in [-0.39, 0.29) is 35.6 Å². The second-order valence-corrected chi connectivity index (χ2v) is 4.94. The van der Waals surface area contributed by atoms with Gasteiger partial charge in [0.05, 0.1) is 0 Å². The van der Waals surface area contributed by atoms with Crippen LogP contribution in [0.2, 0.25) is 0 Å². The van der Waals surface area contributed by atoms with Crippen LogP contribution in [0.25, 0.3) is 0 Å². The Bertz CT molecular complexity index is 410. The number of carbonyl (C=O) groups is 1. The monoisotopic (exact) mass is 239 g/mol. The molecule has 0 heterocycles. The van der Waals surface area contributed by atoms with Gasteiger partial charge in [-0.25, -0.2) is 4.39 Å². The van der Waals surface area contributed by atoms with Gasteiger partial charge < -0.3 is 10.4 Å². The van der Waals surface area contributed by atoms with Gasteiger partial charge in [0.15, 0.2) is 0 Å². The fraction of sp³-hybridized carbons (Fsp3) is 0.462. The Kier molecular flexibility index (Phi) is 4.23. The Morgan fingerprint density at radius 1 is 1.41 bits per heavy atom. The van der Waals surface area contributed by atoms with Crippen molar-refractivity contribution in [1.29, 1.82) is 0 Å². The van der Waals surface area contributed by atoms with E-state index in [1.54, 1.807) is 6.07 Å². The smallest absolute Gasteiger partial charge is 0.252 e. The Morgan fingerprint density at radius 2 is 2.06 bits per heavy atom. The Labute approximate surface area is 101 Å². The molecule has 0 unspecified atom stereocenters. The minimum absolute atomic E-state index is 0.138. The van der Waals surface area contributed by atoms with Crippen molar-refractivity contribution in [2.75, 3.05) is 6.61 Å². The molecular weight excluding hydrogens is 221 g/mol. The lowest BCUT2D eigenvalue weighted by Gasteiger charge is -2.21. The molecule has 17 heavy (non-hydrogen) atoms. The first-order valence-corrected chi connectivity index (χ1v) is 5.56. The summed E-state index contributed by atoms with van der Waals surface area (Å²) in [4.78, 5) is 11.9. The van der Waals surface area contributed by atoms with Crippen molar-refractivity contribution in [3.63, 3.8) is 0 Å². The van der Waals surface area contributed by atoms with E-state index in [2.05, 4.69) is 5.32 Å². The van der Waals surface area contributed by atoms with Gasteiger partial charge in [-0.2, -0.15) is 0 Å². The Morgan fingerprint density at radius 3 is 2.59 bits per heavy atom. The molecule has 1 aromatic rings. The molecule has 0 aromatic heterocycles. The van der Waals surface area contributed by atoms with E-state index in [9.17, 15) is 9.18 Å². The van der Waals surface area contributed by atoms with Crippen molar-refractivity contribution in [3.8, 4) is 0 Å². The van der Waals surface area contributed by atoms with Gasteiger partial charge in [0, 0.05) is 23.3 Å². The van der Waals surface area contributed by atoms with Crippen molar-refractivity contribution in [1.82, 2.24) is 5.32 Å². The minimum atomic E-state index is -0.458. The highest BCUT2D eigenvalue weighted by Crippen LogP contribution is 2.15. The van der Waals surface area contributed by atoms with E-state index in [0.717, 1.165) is 0 Å². The van der Waals surface area contributed by atoms with Crippen LogP contribution in [0, 0.1) is 5.82 Å². The summed E-state index contributed by atoms with van der Waals surface area (Å²) < 4.78 is 13.5. The third kappa shape index (κ3) is 3.82. The van der Waals surface area contributed by atoms with Crippen LogP contribution in [0.1, 0.15) is 36.7 Å². The van der Waals surface area contributed by atoms with E-state index < -0.39 is 5.82 Å². The first-order valence-electron chi connectivity index (χ1n) is 5.56. The predicted octanol–water partition coefficient (Wildman–Crippen LogP) is 1.89. The largest absolute Gasteiger partial charge is 0.396 e. The zero-order valence-corrected chi connectivity index (χ0v) is 10.4. The summed E-state index contributed by atoms with van der Waals surface area (Å²) in [5.41, 5.74) is 0.172. The molecule has 0 aliphatic rings. The van der Waals surface area contributed by atoms with Gasteiger partial charge >= 0.3 is 0 Å². The highest BCUT2D eigenvalue weighted by Gasteiger charge is 2.19. The number of rotatable bonds is 3. The zero-order chi connectivity index (χ0) is 13.1. The summed E-state index contributed by atoms with van der Waals surface area (Å²) in [6, 6.07) is 4.35. The minimum Gasteiger partial charge on any atom is -0.396 e. The highest BCUT2D eigenvalue weighted by atomic mass is 19.1. The molecule has 0 fully saturated rings. The molecule has 0 radical (unpaired) electrons. The molecule has 0 bridgehead atoms. The van der Waals surface area contributed by atoms with Crippen LogP contribution < -0.4 is 5.32 Å². The summed E-state index contributed by atoms with van der Waals surface area (Å²) >= 11 is 0. The summed E-state index contributed by atoms with van der Waals surface area (Å²) in [5, 5.41) is 11.7. The molecule has 94 valence electrons. The molecule has 1 aromatic carbocycles.